The van der Waals surface area contributed by atoms with Crippen molar-refractivity contribution >= 4 is 23.4 Å². The Labute approximate surface area is 122 Å². The number of benzene rings is 1. The highest BCUT2D eigenvalue weighted by Crippen LogP contribution is 2.22. The number of amides is 2. The topological polar surface area (TPSA) is 58.6 Å². The van der Waals surface area contributed by atoms with Crippen molar-refractivity contribution in [1.29, 1.82) is 0 Å². The van der Waals surface area contributed by atoms with Gasteiger partial charge in [-0.25, -0.2) is 0 Å². The van der Waals surface area contributed by atoms with Gasteiger partial charge >= 0.3 is 0 Å². The molecule has 1 saturated heterocycles. The summed E-state index contributed by atoms with van der Waals surface area (Å²) in [6.45, 7) is 4.64. The van der Waals surface area contributed by atoms with E-state index in [0.29, 0.717) is 23.9 Å². The van der Waals surface area contributed by atoms with E-state index in [-0.39, 0.29) is 18.4 Å². The minimum Gasteiger partial charge on any atom is -0.481 e. The first kappa shape index (κ1) is 14.7. The van der Waals surface area contributed by atoms with Crippen LogP contribution in [0.2, 0.25) is 5.02 Å². The minimum atomic E-state index is -0.638. The summed E-state index contributed by atoms with van der Waals surface area (Å²) in [5, 5.41) is 3.34. The second-order valence-corrected chi connectivity index (χ2v) is 5.19. The van der Waals surface area contributed by atoms with Crippen molar-refractivity contribution in [3.05, 3.63) is 28.8 Å². The van der Waals surface area contributed by atoms with Crippen molar-refractivity contribution < 1.29 is 14.3 Å². The number of nitrogens with zero attached hydrogens (tertiary/aromatic N) is 1. The molecule has 0 aliphatic carbocycles. The quantitative estimate of drug-likeness (QED) is 0.916. The standard InChI is InChI=1S/C14H17ClN2O3/c1-9-7-11(3-4-12(9)15)20-10(2)14(19)17-6-5-16-13(18)8-17/h3-4,7,10H,5-6,8H2,1-2H3,(H,16,18). The minimum absolute atomic E-state index is 0.0895. The fourth-order valence-corrected chi connectivity index (χ4v) is 2.15. The zero-order valence-corrected chi connectivity index (χ0v) is 12.2. The molecule has 1 aliphatic heterocycles. The van der Waals surface area contributed by atoms with Crippen LogP contribution >= 0.6 is 11.6 Å². The Morgan fingerprint density at radius 2 is 2.25 bits per heavy atom. The fraction of sp³-hybridized carbons (Fsp3) is 0.429. The molecule has 0 spiro atoms. The second-order valence-electron chi connectivity index (χ2n) is 4.78. The lowest BCUT2D eigenvalue weighted by Gasteiger charge is -2.29. The van der Waals surface area contributed by atoms with Crippen molar-refractivity contribution in [3.8, 4) is 5.75 Å². The van der Waals surface area contributed by atoms with Crippen LogP contribution in [-0.4, -0.2) is 42.5 Å². The Kier molecular flexibility index (Phi) is 4.49. The van der Waals surface area contributed by atoms with Crippen molar-refractivity contribution in [2.24, 2.45) is 0 Å². The molecule has 1 heterocycles. The van der Waals surface area contributed by atoms with Crippen molar-refractivity contribution in [3.63, 3.8) is 0 Å². The Hall–Kier alpha value is -1.75. The molecule has 1 aromatic rings. The molecule has 0 bridgehead atoms. The van der Waals surface area contributed by atoms with Gasteiger partial charge in [0.05, 0.1) is 6.54 Å². The molecular formula is C14H17ClN2O3. The number of hydrogen-bond acceptors (Lipinski definition) is 3. The van der Waals surface area contributed by atoms with Crippen LogP contribution < -0.4 is 10.1 Å². The molecule has 108 valence electrons. The molecular weight excluding hydrogens is 280 g/mol. The van der Waals surface area contributed by atoms with Gasteiger partial charge in [0.25, 0.3) is 5.91 Å². The summed E-state index contributed by atoms with van der Waals surface area (Å²) in [4.78, 5) is 25.0. The molecule has 2 amide bonds. The fourth-order valence-electron chi connectivity index (χ4n) is 2.03. The molecule has 1 aromatic carbocycles. The molecule has 0 saturated carbocycles. The number of aryl methyl sites for hydroxylation is 1. The zero-order chi connectivity index (χ0) is 14.7. The van der Waals surface area contributed by atoms with Crippen LogP contribution in [0, 0.1) is 6.92 Å². The maximum absolute atomic E-state index is 12.2. The lowest BCUT2D eigenvalue weighted by molar-refractivity contribution is -0.143. The van der Waals surface area contributed by atoms with Crippen LogP contribution in [0.15, 0.2) is 18.2 Å². The van der Waals surface area contributed by atoms with Gasteiger partial charge in [0, 0.05) is 18.1 Å². The lowest BCUT2D eigenvalue weighted by Crippen LogP contribution is -2.53. The van der Waals surface area contributed by atoms with E-state index in [0.717, 1.165) is 5.56 Å². The summed E-state index contributed by atoms with van der Waals surface area (Å²) in [5.41, 5.74) is 0.890. The van der Waals surface area contributed by atoms with E-state index in [9.17, 15) is 9.59 Å². The van der Waals surface area contributed by atoms with Crippen LogP contribution in [0.25, 0.3) is 0 Å². The molecule has 0 radical (unpaired) electrons. The summed E-state index contributed by atoms with van der Waals surface area (Å²) < 4.78 is 5.62. The molecule has 1 fully saturated rings. The van der Waals surface area contributed by atoms with Crippen LogP contribution in [0.1, 0.15) is 12.5 Å². The van der Waals surface area contributed by atoms with Gasteiger partial charge in [-0.05, 0) is 37.6 Å². The summed E-state index contributed by atoms with van der Waals surface area (Å²) in [5.74, 6) is 0.265. The second kappa shape index (κ2) is 6.13. The molecule has 0 aromatic heterocycles. The van der Waals surface area contributed by atoms with E-state index >= 15 is 0 Å². The smallest absolute Gasteiger partial charge is 0.263 e. The first-order valence-electron chi connectivity index (χ1n) is 6.45. The third-order valence-corrected chi connectivity index (χ3v) is 3.56. The number of carbonyl (C=O) groups is 2. The number of nitrogens with one attached hydrogen (secondary N) is 1. The van der Waals surface area contributed by atoms with E-state index in [1.165, 1.54) is 4.90 Å². The Bertz CT molecular complexity index is 533. The van der Waals surface area contributed by atoms with Gasteiger partial charge in [-0.15, -0.1) is 0 Å². The lowest BCUT2D eigenvalue weighted by atomic mass is 10.2. The van der Waals surface area contributed by atoms with E-state index in [4.69, 9.17) is 16.3 Å². The third-order valence-electron chi connectivity index (χ3n) is 3.14. The largest absolute Gasteiger partial charge is 0.481 e. The van der Waals surface area contributed by atoms with Gasteiger partial charge < -0.3 is 15.0 Å². The van der Waals surface area contributed by atoms with Gasteiger partial charge in [0.15, 0.2) is 6.10 Å². The first-order valence-corrected chi connectivity index (χ1v) is 6.83. The van der Waals surface area contributed by atoms with Crippen LogP contribution in [0.5, 0.6) is 5.75 Å². The molecule has 20 heavy (non-hydrogen) atoms. The number of halogens is 1. The molecule has 1 unspecified atom stereocenters. The zero-order valence-electron chi connectivity index (χ0n) is 11.5. The highest BCUT2D eigenvalue weighted by atomic mass is 35.5. The first-order chi connectivity index (χ1) is 9.47. The highest BCUT2D eigenvalue weighted by Gasteiger charge is 2.26. The molecule has 5 nitrogen and oxygen atoms in total. The van der Waals surface area contributed by atoms with Crippen molar-refractivity contribution in [2.45, 2.75) is 20.0 Å². The SMILES string of the molecule is Cc1cc(OC(C)C(=O)N2CCNC(=O)C2)ccc1Cl. The maximum atomic E-state index is 12.2. The average molecular weight is 297 g/mol. The Morgan fingerprint density at radius 1 is 1.50 bits per heavy atom. The van der Waals surface area contributed by atoms with E-state index in [1.54, 1.807) is 25.1 Å². The van der Waals surface area contributed by atoms with E-state index < -0.39 is 6.10 Å². The number of piperazine rings is 1. The molecule has 1 atom stereocenters. The van der Waals surface area contributed by atoms with Gasteiger partial charge in [-0.1, -0.05) is 11.6 Å². The summed E-state index contributed by atoms with van der Waals surface area (Å²) in [6.07, 6.45) is -0.638. The highest BCUT2D eigenvalue weighted by molar-refractivity contribution is 6.31. The maximum Gasteiger partial charge on any atom is 0.263 e. The number of hydrogen-bond donors (Lipinski definition) is 1. The molecule has 2 rings (SSSR count). The summed E-state index contributed by atoms with van der Waals surface area (Å²) >= 11 is 5.94. The van der Waals surface area contributed by atoms with Crippen molar-refractivity contribution in [1.82, 2.24) is 10.2 Å². The van der Waals surface area contributed by atoms with Crippen LogP contribution in [0.4, 0.5) is 0 Å². The van der Waals surface area contributed by atoms with Crippen LogP contribution in [0.3, 0.4) is 0 Å². The number of rotatable bonds is 3. The Balaban J connectivity index is 1.99. The third kappa shape index (κ3) is 3.42. The Morgan fingerprint density at radius 3 is 2.90 bits per heavy atom. The molecule has 6 heteroatoms. The van der Waals surface area contributed by atoms with Gasteiger partial charge in [0.2, 0.25) is 5.91 Å². The van der Waals surface area contributed by atoms with E-state index in [2.05, 4.69) is 5.32 Å². The monoisotopic (exact) mass is 296 g/mol. The summed E-state index contributed by atoms with van der Waals surface area (Å²) in [7, 11) is 0. The number of ether oxygens (including phenoxy) is 1. The molecule has 1 N–H and O–H groups in total. The van der Waals surface area contributed by atoms with Gasteiger partial charge in [0.1, 0.15) is 5.75 Å². The predicted molar refractivity (Wildman–Crippen MR) is 75.9 cm³/mol. The van der Waals surface area contributed by atoms with Crippen molar-refractivity contribution in [2.75, 3.05) is 19.6 Å². The van der Waals surface area contributed by atoms with Gasteiger partial charge in [-0.3, -0.25) is 9.59 Å². The average Bonchev–Trinajstić information content (AvgIpc) is 2.42. The normalized spacial score (nSPS) is 16.6. The summed E-state index contributed by atoms with van der Waals surface area (Å²) in [6, 6.07) is 5.24. The van der Waals surface area contributed by atoms with E-state index in [1.807, 2.05) is 6.92 Å². The predicted octanol–water partition coefficient (Wildman–Crippen LogP) is 1.37. The molecule has 1 aliphatic rings. The number of carbonyl (C=O) groups excluding carboxylic acids is 2. The van der Waals surface area contributed by atoms with Crippen LogP contribution in [-0.2, 0) is 9.59 Å². The van der Waals surface area contributed by atoms with Gasteiger partial charge in [-0.2, -0.15) is 0 Å².